The van der Waals surface area contributed by atoms with Crippen molar-refractivity contribution >= 4 is 70.7 Å². The highest BCUT2D eigenvalue weighted by molar-refractivity contribution is 7.59. The number of hydrogen-bond donors (Lipinski definition) is 3. The number of hydrogen-bond acceptors (Lipinski definition) is 2. The van der Waals surface area contributed by atoms with Crippen LogP contribution in [-0.4, -0.2) is 11.0 Å². The third-order valence-corrected chi connectivity index (χ3v) is 6.82. The van der Waals surface area contributed by atoms with E-state index in [4.69, 9.17) is 28.9 Å². The lowest BCUT2D eigenvalue weighted by atomic mass is 10.0. The maximum atomic E-state index is 13.9. The van der Waals surface area contributed by atoms with Crippen molar-refractivity contribution in [1.82, 2.24) is 4.98 Å². The van der Waals surface area contributed by atoms with Gasteiger partial charge < -0.3 is 16.0 Å². The summed E-state index contributed by atoms with van der Waals surface area (Å²) in [6.07, 6.45) is 3.23. The molecule has 0 aliphatic heterocycles. The van der Waals surface area contributed by atoms with Gasteiger partial charge in [0.1, 0.15) is 0 Å². The molecule has 1 heterocycles. The van der Waals surface area contributed by atoms with Crippen LogP contribution in [0.4, 0.5) is 21.9 Å². The third kappa shape index (κ3) is 5.40. The Balaban J connectivity index is 0.00000342. The van der Waals surface area contributed by atoms with Gasteiger partial charge in [0.15, 0.2) is 0 Å². The summed E-state index contributed by atoms with van der Waals surface area (Å²) in [5, 5.41) is 5.38. The zero-order chi connectivity index (χ0) is 24.4. The lowest BCUT2D eigenvalue weighted by Gasteiger charge is -2.31. The number of anilines is 3. The van der Waals surface area contributed by atoms with E-state index in [9.17, 15) is 4.79 Å². The van der Waals surface area contributed by atoms with Gasteiger partial charge in [-0.1, -0.05) is 49.2 Å². The first-order valence-electron chi connectivity index (χ1n) is 11.4. The van der Waals surface area contributed by atoms with Gasteiger partial charge >= 0.3 is 6.03 Å². The van der Waals surface area contributed by atoms with Crippen molar-refractivity contribution in [2.75, 3.05) is 16.0 Å². The SMILES string of the molecule is CCc1c(N)cc(Cl)c(CC)c1NC(=O)N(c1ccc2[nH]ccc2c1)[C@@H](C)c1ccc(Cl)cc1.S. The van der Waals surface area contributed by atoms with Crippen LogP contribution in [-0.2, 0) is 12.8 Å². The average Bonchev–Trinajstić information content (AvgIpc) is 3.28. The fourth-order valence-electron chi connectivity index (χ4n) is 4.40. The van der Waals surface area contributed by atoms with Crippen LogP contribution in [0, 0.1) is 0 Å². The Kier molecular flexibility index (Phi) is 8.65. The zero-order valence-corrected chi connectivity index (χ0v) is 22.5. The molecular weight excluding hydrogens is 499 g/mol. The molecule has 4 rings (SSSR count). The molecule has 0 unspecified atom stereocenters. The minimum absolute atomic E-state index is 0. The second-order valence-electron chi connectivity index (χ2n) is 8.26. The summed E-state index contributed by atoms with van der Waals surface area (Å²) in [6, 6.07) is 16.7. The number of nitrogens with zero attached hydrogens (tertiary/aromatic N) is 1. The number of rotatable bonds is 6. The molecule has 0 bridgehead atoms. The van der Waals surface area contributed by atoms with Crippen molar-refractivity contribution in [3.8, 4) is 0 Å². The summed E-state index contributed by atoms with van der Waals surface area (Å²) in [5.74, 6) is 0. The summed E-state index contributed by atoms with van der Waals surface area (Å²) >= 11 is 12.6. The number of carbonyl (C=O) groups excluding carboxylic acids is 1. The molecule has 4 N–H and O–H groups in total. The summed E-state index contributed by atoms with van der Waals surface area (Å²) in [4.78, 5) is 18.9. The minimum Gasteiger partial charge on any atom is -0.398 e. The number of amides is 2. The van der Waals surface area contributed by atoms with Crippen LogP contribution >= 0.6 is 36.7 Å². The van der Waals surface area contributed by atoms with Crippen molar-refractivity contribution in [3.05, 3.63) is 87.5 Å². The number of carbonyl (C=O) groups is 1. The Hall–Kier alpha value is -2.80. The van der Waals surface area contributed by atoms with Crippen molar-refractivity contribution in [3.63, 3.8) is 0 Å². The Morgan fingerprint density at radius 2 is 1.71 bits per heavy atom. The van der Waals surface area contributed by atoms with Crippen LogP contribution in [0.5, 0.6) is 0 Å². The van der Waals surface area contributed by atoms with Gasteiger partial charge in [0.2, 0.25) is 0 Å². The number of nitrogens with two attached hydrogens (primary N) is 1. The highest BCUT2D eigenvalue weighted by Gasteiger charge is 2.26. The lowest BCUT2D eigenvalue weighted by Crippen LogP contribution is -2.37. The summed E-state index contributed by atoms with van der Waals surface area (Å²) in [7, 11) is 0. The van der Waals surface area contributed by atoms with Gasteiger partial charge in [0, 0.05) is 38.5 Å². The first kappa shape index (κ1) is 26.8. The number of aromatic amines is 1. The number of benzene rings is 3. The van der Waals surface area contributed by atoms with E-state index in [2.05, 4.69) is 10.3 Å². The van der Waals surface area contributed by atoms with Crippen LogP contribution in [0.25, 0.3) is 10.9 Å². The molecule has 0 aliphatic carbocycles. The molecule has 0 fully saturated rings. The average molecular weight is 530 g/mol. The topological polar surface area (TPSA) is 74.2 Å². The lowest BCUT2D eigenvalue weighted by molar-refractivity contribution is 0.255. The number of fused-ring (bicyclic) bond motifs is 1. The molecule has 8 heteroatoms. The normalized spacial score (nSPS) is 11.7. The van der Waals surface area contributed by atoms with Crippen LogP contribution in [0.1, 0.15) is 43.5 Å². The number of urea groups is 1. The van der Waals surface area contributed by atoms with Gasteiger partial charge in [0.05, 0.1) is 11.7 Å². The first-order chi connectivity index (χ1) is 16.3. The first-order valence-corrected chi connectivity index (χ1v) is 12.1. The number of nitrogens with one attached hydrogen (secondary N) is 2. The molecule has 0 saturated carbocycles. The number of nitrogen functional groups attached to an aromatic ring is 1. The maximum absolute atomic E-state index is 13.9. The highest BCUT2D eigenvalue weighted by Crippen LogP contribution is 2.36. The van der Waals surface area contributed by atoms with E-state index >= 15 is 0 Å². The molecule has 0 spiro atoms. The molecule has 0 saturated heterocycles. The molecular formula is C27H30Cl2N4OS. The Labute approximate surface area is 223 Å². The fraction of sp³-hybridized carbons (Fsp3) is 0.222. The Morgan fingerprint density at radius 3 is 2.37 bits per heavy atom. The monoisotopic (exact) mass is 528 g/mol. The standard InChI is InChI=1S/C27H28Cl2N4O.H2S/c1-4-21-23(29)15-24(30)22(5-2)26(21)32-27(34)33(16(3)17-6-8-19(28)9-7-17)20-10-11-25-18(14-20)12-13-31-25;/h6-16,31H,4-5,30H2,1-3H3,(H,32,34);1H2/t16-;/m0./s1. The summed E-state index contributed by atoms with van der Waals surface area (Å²) in [5.41, 5.74) is 12.0. The Morgan fingerprint density at radius 1 is 1.03 bits per heavy atom. The van der Waals surface area contributed by atoms with E-state index in [1.807, 2.05) is 75.5 Å². The minimum atomic E-state index is -0.264. The number of halogens is 2. The van der Waals surface area contributed by atoms with Crippen LogP contribution < -0.4 is 16.0 Å². The van der Waals surface area contributed by atoms with Crippen molar-refractivity contribution in [2.45, 2.75) is 39.7 Å². The molecule has 1 atom stereocenters. The molecule has 184 valence electrons. The molecule has 0 radical (unpaired) electrons. The quantitative estimate of drug-likeness (QED) is 0.221. The Bertz CT molecular complexity index is 1310. The largest absolute Gasteiger partial charge is 0.398 e. The smallest absolute Gasteiger partial charge is 0.326 e. The van der Waals surface area contributed by atoms with Gasteiger partial charge in [0.25, 0.3) is 0 Å². The highest BCUT2D eigenvalue weighted by atomic mass is 35.5. The van der Waals surface area contributed by atoms with E-state index in [1.165, 1.54) is 0 Å². The fourth-order valence-corrected chi connectivity index (χ4v) is 4.87. The van der Waals surface area contributed by atoms with Gasteiger partial charge in [-0.3, -0.25) is 4.90 Å². The van der Waals surface area contributed by atoms with Gasteiger partial charge in [-0.05, 0) is 78.9 Å². The second-order valence-corrected chi connectivity index (χ2v) is 9.11. The van der Waals surface area contributed by atoms with Crippen LogP contribution in [0.2, 0.25) is 10.0 Å². The summed E-state index contributed by atoms with van der Waals surface area (Å²) < 4.78 is 0. The molecule has 2 amide bonds. The predicted molar refractivity (Wildman–Crippen MR) is 155 cm³/mol. The van der Waals surface area contributed by atoms with E-state index in [0.29, 0.717) is 34.3 Å². The van der Waals surface area contributed by atoms with Gasteiger partial charge in [-0.2, -0.15) is 13.5 Å². The van der Waals surface area contributed by atoms with Crippen LogP contribution in [0.3, 0.4) is 0 Å². The van der Waals surface area contributed by atoms with E-state index in [0.717, 1.165) is 33.3 Å². The van der Waals surface area contributed by atoms with Gasteiger partial charge in [-0.15, -0.1) is 0 Å². The van der Waals surface area contributed by atoms with Crippen molar-refractivity contribution < 1.29 is 4.79 Å². The molecule has 4 aromatic rings. The van der Waals surface area contributed by atoms with E-state index in [-0.39, 0.29) is 25.6 Å². The second kappa shape index (κ2) is 11.3. The van der Waals surface area contributed by atoms with E-state index in [1.54, 1.807) is 11.0 Å². The van der Waals surface area contributed by atoms with E-state index < -0.39 is 0 Å². The summed E-state index contributed by atoms with van der Waals surface area (Å²) in [6.45, 7) is 6.03. The van der Waals surface area contributed by atoms with Crippen molar-refractivity contribution in [1.29, 1.82) is 0 Å². The third-order valence-electron chi connectivity index (χ3n) is 6.24. The number of aromatic nitrogens is 1. The maximum Gasteiger partial charge on any atom is 0.326 e. The van der Waals surface area contributed by atoms with Crippen LogP contribution in [0.15, 0.2) is 60.8 Å². The van der Waals surface area contributed by atoms with Gasteiger partial charge in [-0.25, -0.2) is 4.79 Å². The molecule has 0 aliphatic rings. The number of H-pyrrole nitrogens is 1. The predicted octanol–water partition coefficient (Wildman–Crippen LogP) is 8.09. The van der Waals surface area contributed by atoms with Crippen molar-refractivity contribution in [2.24, 2.45) is 0 Å². The molecule has 35 heavy (non-hydrogen) atoms. The molecule has 5 nitrogen and oxygen atoms in total. The zero-order valence-electron chi connectivity index (χ0n) is 20.0. The molecule has 1 aromatic heterocycles. The molecule has 3 aromatic carbocycles.